The number of carbonyl (C=O) groups excluding carboxylic acids is 2. The van der Waals surface area contributed by atoms with Gasteiger partial charge >= 0.3 is 23.1 Å². The quantitative estimate of drug-likeness (QED) is 0.0722. The Balaban J connectivity index is 0. The number of aromatic nitrogens is 4. The number of carbonyl (C=O) groups is 2. The van der Waals surface area contributed by atoms with Crippen LogP contribution in [-0.4, -0.2) is 74.3 Å². The zero-order valence-electron chi connectivity index (χ0n) is 28.1. The van der Waals surface area contributed by atoms with Crippen molar-refractivity contribution in [3.8, 4) is 22.5 Å². The summed E-state index contributed by atoms with van der Waals surface area (Å²) >= 11 is 2.00. The Morgan fingerprint density at radius 2 is 1.02 bits per heavy atom. The molecule has 0 aliphatic carbocycles. The SMILES string of the molecule is CC(C)(C)n1ncc(C=O)c1-c1cc(F)c(F)cc1F.CC(C)(C)n1ncc(I)c1-c1cc(F)c(F)cc1F.CN(C)C=O.[Br-].[CH2-]C.[Mg+2]. The fourth-order valence-corrected chi connectivity index (χ4v) is 4.36. The first-order valence-electron chi connectivity index (χ1n) is 13.6. The smallest absolute Gasteiger partial charge is 1.00 e. The standard InChI is InChI=1S/C14H13F3N2O.C13H12F3IN2.C3H7NO.C2H5.BrH.Mg/c1-14(2,3)19-13(8(7-20)6-18-19)9-4-11(16)12(17)5-10(9)15;1-13(2,3)19-12(11(17)6-18-19)7-4-9(15)10(16)5-8(7)14;1-4(2)3-5;1-2;;/h4-7H,1-3H3;4-6H,1-3H3;3H,1-2H3;1H2,2H3;1H;/q;;;-1;;+2/p-1. The first-order chi connectivity index (χ1) is 21.2. The molecule has 0 aliphatic rings. The summed E-state index contributed by atoms with van der Waals surface area (Å²) in [5.74, 6) is -6.48. The van der Waals surface area contributed by atoms with Crippen LogP contribution in [0.15, 0.2) is 36.7 Å². The Bertz CT molecular complexity index is 1650. The number of nitrogens with zero attached hydrogens (tertiary/aromatic N) is 5. The number of hydrogen-bond donors (Lipinski definition) is 0. The normalized spacial score (nSPS) is 10.4. The molecule has 4 rings (SSSR count). The number of halogens is 8. The Hall–Kier alpha value is -2.44. The summed E-state index contributed by atoms with van der Waals surface area (Å²) in [6, 6.07) is 2.61. The van der Waals surface area contributed by atoms with Crippen molar-refractivity contribution < 1.29 is 52.9 Å². The van der Waals surface area contributed by atoms with Crippen molar-refractivity contribution in [2.45, 2.75) is 59.5 Å². The van der Waals surface area contributed by atoms with Crippen LogP contribution < -0.4 is 17.0 Å². The second-order valence-electron chi connectivity index (χ2n) is 11.6. The summed E-state index contributed by atoms with van der Waals surface area (Å²) in [4.78, 5) is 21.9. The van der Waals surface area contributed by atoms with E-state index in [0.717, 1.165) is 18.5 Å². The summed E-state index contributed by atoms with van der Waals surface area (Å²) < 4.78 is 84.2. The van der Waals surface area contributed by atoms with E-state index in [-0.39, 0.29) is 62.4 Å². The molecule has 0 bridgehead atoms. The molecule has 0 radical (unpaired) electrons. The van der Waals surface area contributed by atoms with E-state index in [2.05, 4.69) is 17.1 Å². The Morgan fingerprint density at radius 3 is 1.38 bits per heavy atom. The van der Waals surface area contributed by atoms with E-state index in [9.17, 15) is 35.9 Å². The first kappa shape index (κ1) is 47.7. The maximum absolute atomic E-state index is 13.9. The molecule has 7 nitrogen and oxygen atoms in total. The molecule has 1 amide bonds. The fraction of sp³-hybridized carbons (Fsp3) is 0.344. The van der Waals surface area contributed by atoms with Crippen LogP contribution in [0.25, 0.3) is 22.5 Å². The van der Waals surface area contributed by atoms with E-state index in [4.69, 9.17) is 0 Å². The molecule has 2 aromatic carbocycles. The van der Waals surface area contributed by atoms with Gasteiger partial charge in [-0.25, -0.2) is 26.3 Å². The van der Waals surface area contributed by atoms with Crippen molar-refractivity contribution in [3.63, 3.8) is 0 Å². The Kier molecular flexibility index (Phi) is 20.1. The predicted octanol–water partition coefficient (Wildman–Crippen LogP) is 5.03. The van der Waals surface area contributed by atoms with Crippen molar-refractivity contribution in [1.29, 1.82) is 0 Å². The summed E-state index contributed by atoms with van der Waals surface area (Å²) in [5.41, 5.74) is -0.434. The van der Waals surface area contributed by atoms with E-state index in [1.54, 1.807) is 52.7 Å². The number of rotatable bonds is 4. The van der Waals surface area contributed by atoms with E-state index >= 15 is 0 Å². The molecule has 48 heavy (non-hydrogen) atoms. The number of benzene rings is 2. The predicted molar refractivity (Wildman–Crippen MR) is 180 cm³/mol. The second-order valence-corrected chi connectivity index (χ2v) is 12.8. The van der Waals surface area contributed by atoms with Crippen molar-refractivity contribution in [1.82, 2.24) is 24.5 Å². The summed E-state index contributed by atoms with van der Waals surface area (Å²) in [6.07, 6.45) is 4.10. The van der Waals surface area contributed by atoms with E-state index in [1.165, 1.54) is 15.8 Å². The molecule has 0 spiro atoms. The third-order valence-corrected chi connectivity index (χ3v) is 6.45. The zero-order chi connectivity index (χ0) is 35.7. The number of hydrogen-bond acceptors (Lipinski definition) is 4. The maximum atomic E-state index is 13.9. The topological polar surface area (TPSA) is 73.0 Å². The van der Waals surface area contributed by atoms with Crippen LogP contribution in [0.3, 0.4) is 0 Å². The molecular formula is C32H37BrF6IMgN5O2. The summed E-state index contributed by atoms with van der Waals surface area (Å²) in [6.45, 7) is 16.1. The van der Waals surface area contributed by atoms with Gasteiger partial charge < -0.3 is 28.8 Å². The van der Waals surface area contributed by atoms with Crippen LogP contribution in [-0.2, 0) is 15.9 Å². The van der Waals surface area contributed by atoms with Crippen LogP contribution in [0.4, 0.5) is 26.3 Å². The maximum Gasteiger partial charge on any atom is 2.00 e. The van der Waals surface area contributed by atoms with Crippen LogP contribution in [0.1, 0.15) is 58.8 Å². The third-order valence-electron chi connectivity index (χ3n) is 5.66. The van der Waals surface area contributed by atoms with Crippen LogP contribution >= 0.6 is 22.6 Å². The van der Waals surface area contributed by atoms with Gasteiger partial charge in [0.25, 0.3) is 0 Å². The molecule has 0 unspecified atom stereocenters. The zero-order valence-corrected chi connectivity index (χ0v) is 33.3. The average molecular weight is 869 g/mol. The van der Waals surface area contributed by atoms with Crippen LogP contribution in [0.5, 0.6) is 0 Å². The molecule has 2 aromatic heterocycles. The van der Waals surface area contributed by atoms with E-state index in [1.807, 2.05) is 43.4 Å². The van der Waals surface area contributed by atoms with Crippen molar-refractivity contribution in [3.05, 3.63) is 87.6 Å². The first-order valence-corrected chi connectivity index (χ1v) is 14.7. The van der Waals surface area contributed by atoms with Crippen LogP contribution in [0, 0.1) is 45.4 Å². The molecule has 16 heteroatoms. The number of amides is 1. The minimum atomic E-state index is -1.28. The van der Waals surface area contributed by atoms with Gasteiger partial charge in [0.05, 0.1) is 44.0 Å². The number of aldehydes is 1. The monoisotopic (exact) mass is 867 g/mol. The van der Waals surface area contributed by atoms with Crippen molar-refractivity contribution >= 4 is 58.3 Å². The van der Waals surface area contributed by atoms with Gasteiger partial charge in [-0.15, -0.1) is 0 Å². The molecule has 4 aromatic rings. The van der Waals surface area contributed by atoms with Gasteiger partial charge in [0, 0.05) is 37.4 Å². The molecule has 0 N–H and O–H groups in total. The molecule has 2 heterocycles. The third kappa shape index (κ3) is 12.5. The molecular weight excluding hydrogens is 831 g/mol. The Labute approximate surface area is 317 Å². The molecule has 0 atom stereocenters. The van der Waals surface area contributed by atoms with Crippen LogP contribution in [0.2, 0.25) is 0 Å². The minimum Gasteiger partial charge on any atom is -1.00 e. The van der Waals surface area contributed by atoms with Gasteiger partial charge in [0.15, 0.2) is 29.6 Å². The van der Waals surface area contributed by atoms with E-state index in [0.29, 0.717) is 27.7 Å². The minimum absolute atomic E-state index is 0. The van der Waals surface area contributed by atoms with Crippen molar-refractivity contribution in [2.75, 3.05) is 14.1 Å². The van der Waals surface area contributed by atoms with Gasteiger partial charge in [0.2, 0.25) is 6.41 Å². The fourth-order valence-electron chi connectivity index (χ4n) is 3.71. The molecule has 0 aliphatic heterocycles. The molecule has 0 fully saturated rings. The molecule has 0 saturated carbocycles. The van der Waals surface area contributed by atoms with Gasteiger partial charge in [-0.3, -0.25) is 19.0 Å². The average Bonchev–Trinajstić information content (AvgIpc) is 3.58. The largest absolute Gasteiger partial charge is 2.00 e. The van der Waals surface area contributed by atoms with Gasteiger partial charge in [-0.2, -0.15) is 17.1 Å². The van der Waals surface area contributed by atoms with Gasteiger partial charge in [-0.1, -0.05) is 0 Å². The van der Waals surface area contributed by atoms with Gasteiger partial charge in [0.1, 0.15) is 11.6 Å². The van der Waals surface area contributed by atoms with Crippen molar-refractivity contribution in [2.24, 2.45) is 0 Å². The molecule has 260 valence electrons. The Morgan fingerprint density at radius 1 is 0.688 bits per heavy atom. The van der Waals surface area contributed by atoms with Gasteiger partial charge in [-0.05, 0) is 76.3 Å². The second kappa shape index (κ2) is 20.3. The summed E-state index contributed by atoms with van der Waals surface area (Å²) in [5, 5.41) is 8.21. The summed E-state index contributed by atoms with van der Waals surface area (Å²) in [7, 11) is 3.38. The van der Waals surface area contributed by atoms with E-state index < -0.39 is 46.0 Å². The molecule has 0 saturated heterocycles.